The van der Waals surface area contributed by atoms with Crippen LogP contribution in [0.4, 0.5) is 0 Å². The maximum atomic E-state index is 12.5. The van der Waals surface area contributed by atoms with Gasteiger partial charge < -0.3 is 15.1 Å². The molecule has 0 aromatic heterocycles. The molecule has 2 heterocycles. The van der Waals surface area contributed by atoms with Gasteiger partial charge in [0, 0.05) is 36.4 Å². The number of likely N-dealkylation sites (tertiary alicyclic amines) is 1. The van der Waals surface area contributed by atoms with Crippen LogP contribution in [0.3, 0.4) is 0 Å². The molecule has 0 unspecified atom stereocenters. The summed E-state index contributed by atoms with van der Waals surface area (Å²) < 4.78 is 0. The number of hydrogen-bond donors (Lipinski definition) is 2. The summed E-state index contributed by atoms with van der Waals surface area (Å²) in [6.45, 7) is 5.92. The Morgan fingerprint density at radius 2 is 1.63 bits per heavy atom. The number of fused-ring (bicyclic) bond motifs is 1. The van der Waals surface area contributed by atoms with Gasteiger partial charge in [-0.15, -0.1) is 0 Å². The van der Waals surface area contributed by atoms with Crippen molar-refractivity contribution in [3.05, 3.63) is 82.9 Å². The van der Waals surface area contributed by atoms with E-state index in [0.29, 0.717) is 24.6 Å². The molecule has 2 N–H and O–H groups in total. The molecule has 8 heteroatoms. The van der Waals surface area contributed by atoms with Gasteiger partial charge in [-0.3, -0.25) is 14.5 Å². The van der Waals surface area contributed by atoms with E-state index in [-0.39, 0.29) is 11.7 Å². The van der Waals surface area contributed by atoms with Crippen LogP contribution in [0, 0.1) is 12.8 Å². The standard InChI is InChI=1S/C23H26N2O2.C4H4O4/c1-17-5-4-7-19(13-17)22(26)16-24-11-9-18(10-12-24)14-25-15-20-6-2-3-8-21(20)23(25)27;5-3(6)1-2-4(7)8/h2-8,13,18H,9-12,14-16H2,1H3;1-2H,(H,5,6)(H,7,8). The first kappa shape index (κ1) is 25.8. The van der Waals surface area contributed by atoms with Gasteiger partial charge in [0.2, 0.25) is 0 Å². The van der Waals surface area contributed by atoms with Crippen molar-refractivity contribution in [3.63, 3.8) is 0 Å². The molecule has 2 aromatic rings. The highest BCUT2D eigenvalue weighted by Gasteiger charge is 2.30. The van der Waals surface area contributed by atoms with Gasteiger partial charge in [0.25, 0.3) is 5.91 Å². The summed E-state index contributed by atoms with van der Waals surface area (Å²) in [5.41, 5.74) is 3.93. The molecule has 0 bridgehead atoms. The van der Waals surface area contributed by atoms with Crippen molar-refractivity contribution in [3.8, 4) is 0 Å². The minimum Gasteiger partial charge on any atom is -0.478 e. The van der Waals surface area contributed by atoms with E-state index >= 15 is 0 Å². The van der Waals surface area contributed by atoms with Crippen LogP contribution in [-0.2, 0) is 16.1 Å². The molecule has 0 radical (unpaired) electrons. The maximum Gasteiger partial charge on any atom is 0.328 e. The summed E-state index contributed by atoms with van der Waals surface area (Å²) in [4.78, 5) is 48.4. The van der Waals surface area contributed by atoms with Crippen molar-refractivity contribution in [2.24, 2.45) is 5.92 Å². The SMILES string of the molecule is Cc1cccc(C(=O)CN2CCC(CN3Cc4ccccc4C3=O)CC2)c1.O=C(O)C=CC(=O)O. The Labute approximate surface area is 204 Å². The number of nitrogens with zero attached hydrogens (tertiary/aromatic N) is 2. The highest BCUT2D eigenvalue weighted by atomic mass is 16.4. The Balaban J connectivity index is 0.000000371. The van der Waals surface area contributed by atoms with E-state index in [1.54, 1.807) is 0 Å². The second-order valence-corrected chi connectivity index (χ2v) is 8.86. The molecule has 0 saturated carbocycles. The maximum absolute atomic E-state index is 12.5. The largest absolute Gasteiger partial charge is 0.478 e. The minimum absolute atomic E-state index is 0.169. The number of rotatable bonds is 7. The van der Waals surface area contributed by atoms with Gasteiger partial charge in [0.05, 0.1) is 6.54 Å². The number of carbonyl (C=O) groups is 4. The molecule has 8 nitrogen and oxygen atoms in total. The Morgan fingerprint density at radius 1 is 0.971 bits per heavy atom. The molecule has 0 spiro atoms. The fraction of sp³-hybridized carbons (Fsp3) is 0.333. The van der Waals surface area contributed by atoms with Crippen molar-refractivity contribution in [2.45, 2.75) is 26.3 Å². The van der Waals surface area contributed by atoms with Crippen molar-refractivity contribution in [2.75, 3.05) is 26.2 Å². The third kappa shape index (κ3) is 7.61. The summed E-state index contributed by atoms with van der Waals surface area (Å²) in [7, 11) is 0. The molecule has 0 aliphatic carbocycles. The monoisotopic (exact) mass is 478 g/mol. The molecule has 35 heavy (non-hydrogen) atoms. The van der Waals surface area contributed by atoms with Crippen LogP contribution < -0.4 is 0 Å². The van der Waals surface area contributed by atoms with Gasteiger partial charge in [0.1, 0.15) is 0 Å². The van der Waals surface area contributed by atoms with E-state index in [0.717, 1.165) is 61.3 Å². The summed E-state index contributed by atoms with van der Waals surface area (Å²) >= 11 is 0. The van der Waals surface area contributed by atoms with E-state index in [1.165, 1.54) is 0 Å². The number of aryl methyl sites for hydroxylation is 1. The first-order chi connectivity index (χ1) is 16.7. The Morgan fingerprint density at radius 3 is 2.23 bits per heavy atom. The van der Waals surface area contributed by atoms with Crippen LogP contribution in [0.1, 0.15) is 44.7 Å². The number of amides is 1. The smallest absolute Gasteiger partial charge is 0.328 e. The molecular weight excluding hydrogens is 448 g/mol. The van der Waals surface area contributed by atoms with Gasteiger partial charge in [-0.25, -0.2) is 9.59 Å². The van der Waals surface area contributed by atoms with E-state index in [4.69, 9.17) is 10.2 Å². The van der Waals surface area contributed by atoms with E-state index < -0.39 is 11.9 Å². The lowest BCUT2D eigenvalue weighted by Gasteiger charge is -2.33. The lowest BCUT2D eigenvalue weighted by Crippen LogP contribution is -2.41. The third-order valence-corrected chi connectivity index (χ3v) is 6.16. The summed E-state index contributed by atoms with van der Waals surface area (Å²) in [6.07, 6.45) is 3.20. The number of carbonyl (C=O) groups excluding carboxylic acids is 2. The number of ketones is 1. The quantitative estimate of drug-likeness (QED) is 0.464. The first-order valence-electron chi connectivity index (χ1n) is 11.6. The van der Waals surface area contributed by atoms with Crippen LogP contribution in [0.5, 0.6) is 0 Å². The second kappa shape index (κ2) is 12.1. The number of benzene rings is 2. The lowest BCUT2D eigenvalue weighted by molar-refractivity contribution is -0.134. The lowest BCUT2D eigenvalue weighted by atomic mass is 9.95. The van der Waals surface area contributed by atoms with Gasteiger partial charge >= 0.3 is 11.9 Å². The van der Waals surface area contributed by atoms with Crippen molar-refractivity contribution in [1.82, 2.24) is 9.80 Å². The van der Waals surface area contributed by atoms with Gasteiger partial charge in [-0.1, -0.05) is 42.0 Å². The highest BCUT2D eigenvalue weighted by molar-refractivity contribution is 5.98. The molecule has 1 fully saturated rings. The predicted molar refractivity (Wildman–Crippen MR) is 130 cm³/mol. The zero-order valence-electron chi connectivity index (χ0n) is 19.7. The molecule has 1 amide bonds. The van der Waals surface area contributed by atoms with Crippen LogP contribution >= 0.6 is 0 Å². The minimum atomic E-state index is -1.26. The molecule has 2 aliphatic heterocycles. The topological polar surface area (TPSA) is 115 Å². The number of hydrogen-bond acceptors (Lipinski definition) is 5. The van der Waals surface area contributed by atoms with Crippen molar-refractivity contribution < 1.29 is 29.4 Å². The zero-order chi connectivity index (χ0) is 25.4. The Kier molecular flexibility index (Phi) is 8.92. The Hall–Kier alpha value is -3.78. The highest BCUT2D eigenvalue weighted by Crippen LogP contribution is 2.26. The number of carboxylic acids is 2. The van der Waals surface area contributed by atoms with Crippen LogP contribution in [-0.4, -0.2) is 69.8 Å². The fourth-order valence-corrected chi connectivity index (χ4v) is 4.36. The zero-order valence-corrected chi connectivity index (χ0v) is 19.7. The van der Waals surface area contributed by atoms with E-state index in [2.05, 4.69) is 4.90 Å². The molecule has 0 atom stereocenters. The summed E-state index contributed by atoms with van der Waals surface area (Å²) in [6, 6.07) is 15.7. The molecular formula is C27H30N2O6. The number of carboxylic acid groups (broad SMARTS) is 2. The van der Waals surface area contributed by atoms with E-state index in [9.17, 15) is 19.2 Å². The van der Waals surface area contributed by atoms with Gasteiger partial charge in [-0.05, 0) is 56.5 Å². The van der Waals surface area contributed by atoms with Crippen LogP contribution in [0.15, 0.2) is 60.7 Å². The molecule has 2 aromatic carbocycles. The second-order valence-electron chi connectivity index (χ2n) is 8.86. The average molecular weight is 479 g/mol. The van der Waals surface area contributed by atoms with Crippen LogP contribution in [0.25, 0.3) is 0 Å². The molecule has 184 valence electrons. The molecule has 4 rings (SSSR count). The average Bonchev–Trinajstić information content (AvgIpc) is 3.14. The van der Waals surface area contributed by atoms with Crippen molar-refractivity contribution >= 4 is 23.6 Å². The number of Topliss-reactive ketones (excluding diaryl/α,β-unsaturated/α-hetero) is 1. The molecule has 2 aliphatic rings. The van der Waals surface area contributed by atoms with Crippen molar-refractivity contribution in [1.29, 1.82) is 0 Å². The van der Waals surface area contributed by atoms with E-state index in [1.807, 2.05) is 60.4 Å². The molecule has 1 saturated heterocycles. The fourth-order valence-electron chi connectivity index (χ4n) is 4.36. The number of aliphatic carboxylic acids is 2. The summed E-state index contributed by atoms with van der Waals surface area (Å²) in [5.74, 6) is -1.63. The normalized spacial score (nSPS) is 16.0. The summed E-state index contributed by atoms with van der Waals surface area (Å²) in [5, 5.41) is 15.6. The number of piperidine rings is 1. The first-order valence-corrected chi connectivity index (χ1v) is 11.6. The van der Waals surface area contributed by atoms with Crippen LogP contribution in [0.2, 0.25) is 0 Å². The third-order valence-electron chi connectivity index (χ3n) is 6.16. The van der Waals surface area contributed by atoms with Gasteiger partial charge in [-0.2, -0.15) is 0 Å². The Bertz CT molecular complexity index is 1100. The van der Waals surface area contributed by atoms with Gasteiger partial charge in [0.15, 0.2) is 5.78 Å². The predicted octanol–water partition coefficient (Wildman–Crippen LogP) is 3.26.